The maximum atomic E-state index is 11.6. The highest BCUT2D eigenvalue weighted by molar-refractivity contribution is 5.95. The van der Waals surface area contributed by atoms with Gasteiger partial charge in [-0.2, -0.15) is 0 Å². The summed E-state index contributed by atoms with van der Waals surface area (Å²) in [7, 11) is 0. The van der Waals surface area contributed by atoms with Crippen LogP contribution in [0.25, 0.3) is 17.7 Å². The second kappa shape index (κ2) is 6.12. The summed E-state index contributed by atoms with van der Waals surface area (Å²) in [6.07, 6.45) is 6.34. The highest BCUT2D eigenvalue weighted by atomic mass is 16.2. The van der Waals surface area contributed by atoms with Crippen LogP contribution >= 0.6 is 0 Å². The fourth-order valence-corrected chi connectivity index (χ4v) is 3.79. The molecule has 2 heteroatoms. The zero-order valence-corrected chi connectivity index (χ0v) is 14.0. The molecule has 2 aliphatic rings. The van der Waals surface area contributed by atoms with E-state index >= 15 is 0 Å². The second-order valence-electron chi connectivity index (χ2n) is 6.49. The Morgan fingerprint density at radius 3 is 1.83 bits per heavy atom. The van der Waals surface area contributed by atoms with Gasteiger partial charge in [0.1, 0.15) is 0 Å². The van der Waals surface area contributed by atoms with Crippen molar-refractivity contribution < 1.29 is 4.79 Å². The molecule has 1 aliphatic heterocycles. The Morgan fingerprint density at radius 2 is 1.33 bits per heavy atom. The van der Waals surface area contributed by atoms with E-state index in [0.717, 1.165) is 25.9 Å². The molecule has 0 radical (unpaired) electrons. The number of benzene rings is 2. The van der Waals surface area contributed by atoms with Gasteiger partial charge in [-0.3, -0.25) is 4.79 Å². The zero-order chi connectivity index (χ0) is 16.5. The summed E-state index contributed by atoms with van der Waals surface area (Å²) in [6.45, 7) is 3.32. The van der Waals surface area contributed by atoms with Crippen molar-refractivity contribution in [1.29, 1.82) is 0 Å². The van der Waals surface area contributed by atoms with E-state index in [2.05, 4.69) is 60.7 Å². The largest absolute Gasteiger partial charge is 0.342 e. The topological polar surface area (TPSA) is 20.3 Å². The van der Waals surface area contributed by atoms with Gasteiger partial charge in [0, 0.05) is 20.0 Å². The van der Waals surface area contributed by atoms with E-state index in [0.29, 0.717) is 0 Å². The molecular weight excluding hydrogens is 294 g/mol. The Morgan fingerprint density at radius 1 is 0.833 bits per heavy atom. The molecule has 0 atom stereocenters. The lowest BCUT2D eigenvalue weighted by atomic mass is 9.86. The number of rotatable bonds is 0. The molecule has 2 nitrogen and oxygen atoms in total. The predicted octanol–water partition coefficient (Wildman–Crippen LogP) is 4.61. The molecule has 2 aromatic rings. The second-order valence-corrected chi connectivity index (χ2v) is 6.49. The summed E-state index contributed by atoms with van der Waals surface area (Å²) in [5.74, 6) is 0.183. The van der Waals surface area contributed by atoms with Gasteiger partial charge in [-0.05, 0) is 40.7 Å². The van der Waals surface area contributed by atoms with Crippen molar-refractivity contribution in [2.24, 2.45) is 0 Å². The van der Waals surface area contributed by atoms with Crippen LogP contribution in [0, 0.1) is 0 Å². The van der Waals surface area contributed by atoms with E-state index < -0.39 is 0 Å². The van der Waals surface area contributed by atoms with Gasteiger partial charge in [-0.25, -0.2) is 0 Å². The lowest BCUT2D eigenvalue weighted by molar-refractivity contribution is -0.129. The van der Waals surface area contributed by atoms with Crippen LogP contribution in [0.1, 0.15) is 42.0 Å². The zero-order valence-electron chi connectivity index (χ0n) is 14.0. The molecule has 1 aliphatic carbocycles. The van der Waals surface area contributed by atoms with E-state index in [4.69, 9.17) is 0 Å². The van der Waals surface area contributed by atoms with Crippen LogP contribution < -0.4 is 0 Å². The Bertz CT molecular complexity index is 798. The van der Waals surface area contributed by atoms with E-state index in [9.17, 15) is 4.79 Å². The normalized spacial score (nSPS) is 16.5. The summed E-state index contributed by atoms with van der Waals surface area (Å²) in [5.41, 5.74) is 8.00. The van der Waals surface area contributed by atoms with Crippen molar-refractivity contribution in [1.82, 2.24) is 4.90 Å². The van der Waals surface area contributed by atoms with Crippen LogP contribution in [-0.2, 0) is 4.79 Å². The Balaban J connectivity index is 1.87. The van der Waals surface area contributed by atoms with Crippen molar-refractivity contribution >= 4 is 23.6 Å². The van der Waals surface area contributed by atoms with Gasteiger partial charge in [0.15, 0.2) is 0 Å². The first-order chi connectivity index (χ1) is 11.7. The quantitative estimate of drug-likeness (QED) is 0.593. The van der Waals surface area contributed by atoms with Crippen LogP contribution in [0.4, 0.5) is 0 Å². The van der Waals surface area contributed by atoms with Crippen molar-refractivity contribution in [3.05, 3.63) is 76.4 Å². The minimum atomic E-state index is 0.183. The summed E-state index contributed by atoms with van der Waals surface area (Å²) in [4.78, 5) is 13.6. The molecule has 24 heavy (non-hydrogen) atoms. The van der Waals surface area contributed by atoms with Gasteiger partial charge in [-0.1, -0.05) is 66.3 Å². The number of nitrogens with zero attached hydrogens (tertiary/aromatic N) is 1. The van der Waals surface area contributed by atoms with Crippen molar-refractivity contribution in [3.8, 4) is 0 Å². The molecule has 0 N–H and O–H groups in total. The number of hydrogen-bond donors (Lipinski definition) is 0. The third-order valence-electron chi connectivity index (χ3n) is 5.07. The molecule has 4 rings (SSSR count). The van der Waals surface area contributed by atoms with Gasteiger partial charge >= 0.3 is 0 Å². The average molecular weight is 315 g/mol. The maximum absolute atomic E-state index is 11.6. The lowest BCUT2D eigenvalue weighted by Gasteiger charge is -2.29. The number of carbonyl (C=O) groups is 1. The number of fused-ring (bicyclic) bond motifs is 2. The molecule has 0 aromatic heterocycles. The Kier molecular flexibility index (Phi) is 3.81. The van der Waals surface area contributed by atoms with Gasteiger partial charge in [0.2, 0.25) is 5.91 Å². The van der Waals surface area contributed by atoms with Crippen molar-refractivity contribution in [2.75, 3.05) is 13.1 Å². The van der Waals surface area contributed by atoms with E-state index in [1.54, 1.807) is 6.92 Å². The third-order valence-corrected chi connectivity index (χ3v) is 5.07. The average Bonchev–Trinajstić information content (AvgIpc) is 2.79. The van der Waals surface area contributed by atoms with Gasteiger partial charge < -0.3 is 4.90 Å². The lowest BCUT2D eigenvalue weighted by Crippen LogP contribution is -2.34. The molecule has 0 unspecified atom stereocenters. The SMILES string of the molecule is CC(=O)N1CCC(=C2c3ccccc3C=Cc3ccccc32)CC1. The summed E-state index contributed by atoms with van der Waals surface area (Å²) in [5, 5.41) is 0. The van der Waals surface area contributed by atoms with Crippen molar-refractivity contribution in [3.63, 3.8) is 0 Å². The molecule has 1 saturated heterocycles. The smallest absolute Gasteiger partial charge is 0.219 e. The monoisotopic (exact) mass is 315 g/mol. The van der Waals surface area contributed by atoms with Crippen LogP contribution in [0.5, 0.6) is 0 Å². The van der Waals surface area contributed by atoms with E-state index in [-0.39, 0.29) is 5.91 Å². The standard InChI is InChI=1S/C22H21NO/c1-16(24)23-14-12-19(13-15-23)22-20-8-4-2-6-17(20)10-11-18-7-3-5-9-21(18)22/h2-11H,12-15H2,1H3. The highest BCUT2D eigenvalue weighted by Crippen LogP contribution is 2.38. The third kappa shape index (κ3) is 2.58. The molecule has 1 amide bonds. The minimum absolute atomic E-state index is 0.183. The first kappa shape index (κ1) is 14.9. The predicted molar refractivity (Wildman–Crippen MR) is 99.3 cm³/mol. The maximum Gasteiger partial charge on any atom is 0.219 e. The minimum Gasteiger partial charge on any atom is -0.342 e. The van der Waals surface area contributed by atoms with Crippen LogP contribution in [0.3, 0.4) is 0 Å². The number of amides is 1. The molecule has 2 aromatic carbocycles. The fourth-order valence-electron chi connectivity index (χ4n) is 3.79. The summed E-state index contributed by atoms with van der Waals surface area (Å²) < 4.78 is 0. The Hall–Kier alpha value is -2.61. The molecule has 0 bridgehead atoms. The van der Waals surface area contributed by atoms with Crippen LogP contribution in [0.15, 0.2) is 54.1 Å². The number of hydrogen-bond acceptors (Lipinski definition) is 1. The summed E-state index contributed by atoms with van der Waals surface area (Å²) in [6, 6.07) is 17.2. The Labute approximate surface area is 143 Å². The van der Waals surface area contributed by atoms with Crippen LogP contribution in [0.2, 0.25) is 0 Å². The molecule has 0 saturated carbocycles. The molecule has 1 fully saturated rings. The number of carbonyl (C=O) groups excluding carboxylic acids is 1. The molecular formula is C22H21NO. The van der Waals surface area contributed by atoms with Gasteiger partial charge in [0.25, 0.3) is 0 Å². The summed E-state index contributed by atoms with van der Waals surface area (Å²) >= 11 is 0. The van der Waals surface area contributed by atoms with Crippen molar-refractivity contribution in [2.45, 2.75) is 19.8 Å². The molecule has 120 valence electrons. The number of piperidine rings is 1. The van der Waals surface area contributed by atoms with Crippen LogP contribution in [-0.4, -0.2) is 23.9 Å². The van der Waals surface area contributed by atoms with E-state index in [1.807, 2.05) is 4.90 Å². The molecule has 0 spiro atoms. The highest BCUT2D eigenvalue weighted by Gasteiger charge is 2.23. The molecule has 1 heterocycles. The van der Waals surface area contributed by atoms with E-state index in [1.165, 1.54) is 33.4 Å². The van der Waals surface area contributed by atoms with Gasteiger partial charge in [-0.15, -0.1) is 0 Å². The number of likely N-dealkylation sites (tertiary alicyclic amines) is 1. The fraction of sp³-hybridized carbons (Fsp3) is 0.227. The van der Waals surface area contributed by atoms with Gasteiger partial charge in [0.05, 0.1) is 0 Å². The first-order valence-electron chi connectivity index (χ1n) is 8.58. The first-order valence-corrected chi connectivity index (χ1v) is 8.58.